The number of ether oxygens (including phenoxy) is 1. The maximum absolute atomic E-state index is 12.8. The Morgan fingerprint density at radius 3 is 2.62 bits per heavy atom. The van der Waals surface area contributed by atoms with Crippen LogP contribution in [-0.2, 0) is 11.8 Å². The second-order valence-corrected chi connectivity index (χ2v) is 10.8. The van der Waals surface area contributed by atoms with Gasteiger partial charge >= 0.3 is 0 Å². The van der Waals surface area contributed by atoms with E-state index in [-0.39, 0.29) is 5.91 Å². The summed E-state index contributed by atoms with van der Waals surface area (Å²) in [6, 6.07) is 21.5. The van der Waals surface area contributed by atoms with Crippen molar-refractivity contribution in [2.75, 3.05) is 41.8 Å². The predicted octanol–water partition coefficient (Wildman–Crippen LogP) is 5.69. The maximum atomic E-state index is 12.8. The molecule has 210 valence electrons. The first-order chi connectivity index (χ1) is 20.6. The molecule has 2 N–H and O–H groups in total. The Morgan fingerprint density at radius 2 is 1.81 bits per heavy atom. The van der Waals surface area contributed by atoms with Crippen molar-refractivity contribution in [3.05, 3.63) is 96.4 Å². The lowest BCUT2D eigenvalue weighted by Crippen LogP contribution is -2.36. The number of imidazole rings is 1. The normalized spacial score (nSPS) is 13.4. The molecule has 1 aliphatic rings. The first-order valence-corrected chi connectivity index (χ1v) is 14.5. The van der Waals surface area contributed by atoms with E-state index >= 15 is 0 Å². The SMILES string of the molecule is Cn1cccc1C(=O)Nc1cccc(-c2nc3sccn3c2-c2ccnc(Nc3ccc(N4CCOCC4)cc3)n2)c1. The number of hydrogen-bond acceptors (Lipinski definition) is 8. The molecule has 0 bridgehead atoms. The monoisotopic (exact) mass is 576 g/mol. The number of aromatic nitrogens is 5. The molecule has 1 fully saturated rings. The molecular weight excluding hydrogens is 548 g/mol. The topological polar surface area (TPSA) is 102 Å². The van der Waals surface area contributed by atoms with Crippen LogP contribution in [0.15, 0.2) is 90.7 Å². The average molecular weight is 577 g/mol. The summed E-state index contributed by atoms with van der Waals surface area (Å²) in [5, 5.41) is 8.35. The van der Waals surface area contributed by atoms with E-state index in [4.69, 9.17) is 14.7 Å². The lowest BCUT2D eigenvalue weighted by Gasteiger charge is -2.28. The minimum absolute atomic E-state index is 0.171. The van der Waals surface area contributed by atoms with Crippen molar-refractivity contribution in [2.24, 2.45) is 7.05 Å². The summed E-state index contributed by atoms with van der Waals surface area (Å²) in [7, 11) is 1.85. The van der Waals surface area contributed by atoms with Crippen molar-refractivity contribution < 1.29 is 9.53 Å². The second-order valence-electron chi connectivity index (χ2n) is 9.94. The van der Waals surface area contributed by atoms with Crippen LogP contribution in [0.1, 0.15) is 10.5 Å². The van der Waals surface area contributed by atoms with Crippen LogP contribution in [0, 0.1) is 0 Å². The first-order valence-electron chi connectivity index (χ1n) is 13.6. The van der Waals surface area contributed by atoms with Crippen LogP contribution in [0.2, 0.25) is 0 Å². The molecule has 1 saturated heterocycles. The lowest BCUT2D eigenvalue weighted by molar-refractivity contribution is 0.101. The van der Waals surface area contributed by atoms with Gasteiger partial charge in [0.2, 0.25) is 5.95 Å². The van der Waals surface area contributed by atoms with Gasteiger partial charge in [0.15, 0.2) is 4.96 Å². The van der Waals surface area contributed by atoms with Gasteiger partial charge in [-0.2, -0.15) is 0 Å². The smallest absolute Gasteiger partial charge is 0.272 e. The van der Waals surface area contributed by atoms with Gasteiger partial charge in [0.05, 0.1) is 24.6 Å². The number of anilines is 4. The number of fused-ring (bicyclic) bond motifs is 1. The van der Waals surface area contributed by atoms with E-state index in [0.717, 1.165) is 59.6 Å². The molecule has 1 aliphatic heterocycles. The van der Waals surface area contributed by atoms with Crippen LogP contribution < -0.4 is 15.5 Å². The van der Waals surface area contributed by atoms with Crippen molar-refractivity contribution in [3.8, 4) is 22.6 Å². The molecule has 4 aromatic heterocycles. The van der Waals surface area contributed by atoms with E-state index in [1.54, 1.807) is 28.2 Å². The number of hydrogen-bond donors (Lipinski definition) is 2. The molecule has 10 nitrogen and oxygen atoms in total. The molecule has 0 unspecified atom stereocenters. The second kappa shape index (κ2) is 11.1. The van der Waals surface area contributed by atoms with E-state index in [1.807, 2.05) is 77.8 Å². The van der Waals surface area contributed by atoms with E-state index in [0.29, 0.717) is 17.3 Å². The van der Waals surface area contributed by atoms with Gasteiger partial charge in [-0.25, -0.2) is 15.0 Å². The Kier molecular flexibility index (Phi) is 6.86. The van der Waals surface area contributed by atoms with Crippen LogP contribution in [0.4, 0.5) is 23.0 Å². The summed E-state index contributed by atoms with van der Waals surface area (Å²) in [5.74, 6) is 0.321. The minimum atomic E-state index is -0.171. The minimum Gasteiger partial charge on any atom is -0.378 e. The third-order valence-corrected chi connectivity index (χ3v) is 7.99. The fraction of sp³-hybridized carbons (Fsp3) is 0.161. The van der Waals surface area contributed by atoms with E-state index in [2.05, 4.69) is 32.7 Å². The van der Waals surface area contributed by atoms with Crippen LogP contribution in [0.25, 0.3) is 27.6 Å². The Morgan fingerprint density at radius 1 is 0.952 bits per heavy atom. The zero-order valence-electron chi connectivity index (χ0n) is 22.9. The molecule has 5 heterocycles. The van der Waals surface area contributed by atoms with Crippen molar-refractivity contribution in [2.45, 2.75) is 0 Å². The Labute approximate surface area is 246 Å². The average Bonchev–Trinajstić information content (AvgIpc) is 3.75. The highest BCUT2D eigenvalue weighted by Gasteiger charge is 2.20. The molecule has 0 atom stereocenters. The highest BCUT2D eigenvalue weighted by Crippen LogP contribution is 2.35. The number of nitrogens with one attached hydrogen (secondary N) is 2. The molecule has 0 radical (unpaired) electrons. The Bertz CT molecular complexity index is 1870. The summed E-state index contributed by atoms with van der Waals surface area (Å²) in [6.45, 7) is 3.29. The van der Waals surface area contributed by atoms with Crippen LogP contribution in [0.5, 0.6) is 0 Å². The summed E-state index contributed by atoms with van der Waals surface area (Å²) < 4.78 is 9.30. The van der Waals surface area contributed by atoms with Gasteiger partial charge in [0, 0.05) is 66.7 Å². The molecule has 42 heavy (non-hydrogen) atoms. The summed E-state index contributed by atoms with van der Waals surface area (Å²) in [5.41, 5.74) is 6.58. The molecule has 11 heteroatoms. The standard InChI is InChI=1S/C31H28N8O2S/c1-37-13-3-6-26(37)29(40)33-23-5-2-4-21(20-23)27-28(39-16-19-42-31(39)36-27)25-11-12-32-30(35-25)34-22-7-9-24(10-8-22)38-14-17-41-18-15-38/h2-13,16,19-20H,14-15,17-18H2,1H3,(H,33,40)(H,32,34,35). The number of carbonyl (C=O) groups is 1. The van der Waals surface area contributed by atoms with Crippen LogP contribution in [-0.4, -0.2) is 56.1 Å². The number of thiazole rings is 1. The predicted molar refractivity (Wildman–Crippen MR) is 166 cm³/mol. The summed E-state index contributed by atoms with van der Waals surface area (Å²) >= 11 is 1.55. The lowest BCUT2D eigenvalue weighted by atomic mass is 10.1. The molecule has 0 saturated carbocycles. The number of aryl methyl sites for hydroxylation is 1. The molecule has 7 rings (SSSR count). The van der Waals surface area contributed by atoms with E-state index in [9.17, 15) is 4.79 Å². The summed E-state index contributed by atoms with van der Waals surface area (Å²) in [4.78, 5) is 30.3. The van der Waals surface area contributed by atoms with Crippen LogP contribution >= 0.6 is 11.3 Å². The van der Waals surface area contributed by atoms with Gasteiger partial charge in [-0.15, -0.1) is 11.3 Å². The van der Waals surface area contributed by atoms with Gasteiger partial charge in [-0.3, -0.25) is 9.20 Å². The van der Waals surface area contributed by atoms with E-state index < -0.39 is 0 Å². The molecular formula is C31H28N8O2S. The zero-order chi connectivity index (χ0) is 28.5. The highest BCUT2D eigenvalue weighted by atomic mass is 32.1. The third-order valence-electron chi connectivity index (χ3n) is 7.23. The summed E-state index contributed by atoms with van der Waals surface area (Å²) in [6.07, 6.45) is 5.59. The molecule has 2 aromatic carbocycles. The number of amides is 1. The van der Waals surface area contributed by atoms with Crippen LogP contribution in [0.3, 0.4) is 0 Å². The van der Waals surface area contributed by atoms with Gasteiger partial charge in [0.25, 0.3) is 5.91 Å². The first kappa shape index (κ1) is 25.9. The molecule has 1 amide bonds. The highest BCUT2D eigenvalue weighted by molar-refractivity contribution is 7.15. The Balaban J connectivity index is 1.17. The van der Waals surface area contributed by atoms with Gasteiger partial charge in [-0.05, 0) is 54.6 Å². The quantitative estimate of drug-likeness (QED) is 0.252. The fourth-order valence-corrected chi connectivity index (χ4v) is 5.84. The number of rotatable bonds is 7. The Hall–Kier alpha value is -5.00. The zero-order valence-corrected chi connectivity index (χ0v) is 23.7. The maximum Gasteiger partial charge on any atom is 0.272 e. The van der Waals surface area contributed by atoms with Crippen molar-refractivity contribution in [3.63, 3.8) is 0 Å². The van der Waals surface area contributed by atoms with Crippen molar-refractivity contribution in [1.29, 1.82) is 0 Å². The fourth-order valence-electron chi connectivity index (χ4n) is 5.13. The van der Waals surface area contributed by atoms with Gasteiger partial charge in [-0.1, -0.05) is 12.1 Å². The van der Waals surface area contributed by atoms with Crippen molar-refractivity contribution in [1.82, 2.24) is 23.9 Å². The van der Waals surface area contributed by atoms with Crippen molar-refractivity contribution >= 4 is 45.2 Å². The number of morpholine rings is 1. The van der Waals surface area contributed by atoms with Gasteiger partial charge in [0.1, 0.15) is 11.4 Å². The number of nitrogens with zero attached hydrogens (tertiary/aromatic N) is 6. The third kappa shape index (κ3) is 5.11. The molecule has 0 aliphatic carbocycles. The van der Waals surface area contributed by atoms with Gasteiger partial charge < -0.3 is 24.8 Å². The molecule has 6 aromatic rings. The largest absolute Gasteiger partial charge is 0.378 e. The number of carbonyl (C=O) groups excluding carboxylic acids is 1. The van der Waals surface area contributed by atoms with E-state index in [1.165, 1.54) is 5.69 Å². The number of benzene rings is 2. The molecule has 0 spiro atoms.